The number of hydrogen-bond donors (Lipinski definition) is 0. The van der Waals surface area contributed by atoms with E-state index in [1.165, 1.54) is 196 Å². The summed E-state index contributed by atoms with van der Waals surface area (Å²) >= 11 is 3.43. The van der Waals surface area contributed by atoms with Crippen LogP contribution in [0.2, 0.25) is 19.6 Å². The first-order valence-electron chi connectivity index (χ1n) is 38.8. The standard InChI is InChI=1S/2C25H19.2C24H17.C7H8Si.C2H6Si.4ClH.2Zr/c2*1-2-17-13-21-12-11-18-7-5-6-10-23(18)25(21)24(14-17)22-15-19-8-3-4-9-20(19)16-22;2*1-16-12-20-11-10-17-6-4-5-9-22(17)24(20)23(13-16)21-14-18-7-2-3-8-19(18)15-21;1-8-7-5-3-2-4-6-7;1-3-2;;;;;;/h2*3-16H,2H2,1H3;2*2-15H,1H3;2-6H,1H3;1-2H3;4*1H;;/q4*-1;;;;;;;2*+2. The maximum atomic E-state index is 2.38. The van der Waals surface area contributed by atoms with Crippen LogP contribution in [0.25, 0.3) is 174 Å². The van der Waals surface area contributed by atoms with Crippen LogP contribution in [0, 0.1) is 13.8 Å². The van der Waals surface area contributed by atoms with E-state index in [1.54, 1.807) is 51.9 Å². The average Bonchev–Trinajstić information content (AvgIpc) is 1.76. The normalized spacial score (nSPS) is 10.8. The summed E-state index contributed by atoms with van der Waals surface area (Å²) in [5.41, 5.74) is 16.1. The molecule has 0 atom stereocenters. The molecule has 0 amide bonds. The van der Waals surface area contributed by atoms with E-state index in [1.807, 2.05) is 0 Å². The van der Waals surface area contributed by atoms with E-state index in [-0.39, 0.29) is 60.5 Å². The molecule has 0 saturated carbocycles. The molecule has 0 aliphatic heterocycles. The molecule has 0 N–H and O–H groups in total. The van der Waals surface area contributed by atoms with Crippen molar-refractivity contribution in [1.29, 1.82) is 0 Å². The number of aryl methyl sites for hydroxylation is 4. The summed E-state index contributed by atoms with van der Waals surface area (Å²) in [5.74, 6) is 0. The summed E-state index contributed by atoms with van der Waals surface area (Å²) in [6.45, 7) is 15.8. The Hall–Kier alpha value is -9.38. The van der Waals surface area contributed by atoms with Crippen LogP contribution in [0.5, 0.6) is 0 Å². The van der Waals surface area contributed by atoms with E-state index in [4.69, 9.17) is 0 Å². The zero-order valence-corrected chi connectivity index (χ0v) is 75.9. The van der Waals surface area contributed by atoms with Gasteiger partial charge in [0, 0.05) is 0 Å². The predicted molar refractivity (Wildman–Crippen MR) is 512 cm³/mol. The Labute approximate surface area is 731 Å². The maximum Gasteiger partial charge on any atom is -0.0174 e. The van der Waals surface area contributed by atoms with E-state index >= 15 is 0 Å². The van der Waals surface area contributed by atoms with Gasteiger partial charge in [-0.2, -0.15) is 0 Å². The van der Waals surface area contributed by atoms with Crippen LogP contribution in [0.1, 0.15) is 36.1 Å². The molecule has 21 aromatic rings. The summed E-state index contributed by atoms with van der Waals surface area (Å²) in [6.07, 6.45) is 2.10. The molecular weight excluding hydrogens is 1670 g/mol. The molecule has 21 rings (SSSR count). The van der Waals surface area contributed by atoms with Gasteiger partial charge in [0.25, 0.3) is 0 Å². The van der Waals surface area contributed by atoms with E-state index in [9.17, 15) is 0 Å². The largest absolute Gasteiger partial charge is 0.147 e. The molecule has 0 heterocycles. The van der Waals surface area contributed by atoms with Crippen LogP contribution in [0.15, 0.2) is 370 Å². The van der Waals surface area contributed by atoms with Crippen LogP contribution in [0.4, 0.5) is 0 Å². The minimum atomic E-state index is -0.122. The Balaban J connectivity index is 0.000000133. The number of rotatable bonds is 7. The van der Waals surface area contributed by atoms with Gasteiger partial charge < -0.3 is 0 Å². The van der Waals surface area contributed by atoms with Crippen molar-refractivity contribution in [3.8, 4) is 44.5 Å². The second kappa shape index (κ2) is 38.6. The van der Waals surface area contributed by atoms with Gasteiger partial charge in [0.1, 0.15) is 0 Å². The fourth-order valence-corrected chi connectivity index (χ4v) is 18.2. The zero-order valence-electron chi connectivity index (χ0n) is 65.8. The molecule has 0 radical (unpaired) electrons. The van der Waals surface area contributed by atoms with Crippen LogP contribution in [0.3, 0.4) is 0 Å². The van der Waals surface area contributed by atoms with Gasteiger partial charge in [-0.15, -0.1) is 188 Å². The molecule has 21 aromatic carbocycles. The van der Waals surface area contributed by atoms with Crippen molar-refractivity contribution in [2.45, 2.75) is 60.2 Å². The first kappa shape index (κ1) is 85.0. The quantitative estimate of drug-likeness (QED) is 0.0848. The Morgan fingerprint density at radius 3 is 0.722 bits per heavy atom. The third-order valence-electron chi connectivity index (χ3n) is 21.5. The molecule has 0 aliphatic rings. The number of halogens is 4. The van der Waals surface area contributed by atoms with Crippen LogP contribution in [-0.2, 0) is 59.5 Å². The molecule has 0 nitrogen and oxygen atoms in total. The molecule has 0 aliphatic carbocycles. The average molecular weight is 1760 g/mol. The summed E-state index contributed by atoms with van der Waals surface area (Å²) in [5, 5.41) is 33.3. The molecule has 0 unspecified atom stereocenters. The Kier molecular flexibility index (Phi) is 28.5. The van der Waals surface area contributed by atoms with E-state index in [0.717, 1.165) is 12.8 Å². The zero-order chi connectivity index (χ0) is 76.1. The molecular formula is C107H90Cl4Si2Zr2. The van der Waals surface area contributed by atoms with Crippen molar-refractivity contribution < 1.29 is 46.7 Å². The Bertz CT molecular complexity index is 6530. The van der Waals surface area contributed by atoms with Gasteiger partial charge in [-0.05, 0) is 113 Å². The SMILES string of the molecule is CCc1cc(-c2cc3ccccc3[cH-]2)c2c(ccc3ccccc32)c1.CCc1cc(-c2cc3ccccc3[cH-]2)c2c(ccc3ccccc32)c1.C[Si](=[Zr+2])c1ccccc1.C[Si](C)=[Zr+2].Cc1cc(-c2cc3ccccc3[cH-]2)c2c(ccc3ccccc32)c1.Cc1cc(-c2cc3ccccc3[cH-]2)c2c(ccc3ccccc32)c1.Cl.Cl.Cl.Cl. The van der Waals surface area contributed by atoms with Crippen molar-refractivity contribution in [2.24, 2.45) is 0 Å². The molecule has 0 aromatic heterocycles. The predicted octanol–water partition coefficient (Wildman–Crippen LogP) is 31.4. The van der Waals surface area contributed by atoms with Gasteiger partial charge in [0.2, 0.25) is 0 Å². The van der Waals surface area contributed by atoms with Gasteiger partial charge in [-0.1, -0.05) is 325 Å². The second-order valence-electron chi connectivity index (χ2n) is 29.6. The van der Waals surface area contributed by atoms with Gasteiger partial charge in [0.05, 0.1) is 0 Å². The van der Waals surface area contributed by atoms with Crippen molar-refractivity contribution >= 4 is 195 Å². The molecule has 115 heavy (non-hydrogen) atoms. The van der Waals surface area contributed by atoms with Gasteiger partial charge in [-0.3, -0.25) is 0 Å². The minimum Gasteiger partial charge on any atom is -0.147 e. The smallest absolute Gasteiger partial charge is 0.0174 e. The van der Waals surface area contributed by atoms with Crippen molar-refractivity contribution in [2.75, 3.05) is 0 Å². The Morgan fingerprint density at radius 1 is 0.243 bits per heavy atom. The number of fused-ring (bicyclic) bond motifs is 16. The van der Waals surface area contributed by atoms with Crippen molar-refractivity contribution in [1.82, 2.24) is 0 Å². The molecule has 0 bridgehead atoms. The third-order valence-corrected chi connectivity index (χ3v) is 24.8. The Morgan fingerprint density at radius 2 is 0.470 bits per heavy atom. The van der Waals surface area contributed by atoms with Gasteiger partial charge >= 0.3 is 113 Å². The maximum absolute atomic E-state index is 2.38. The van der Waals surface area contributed by atoms with Crippen LogP contribution in [-0.4, -0.2) is 10.9 Å². The summed E-state index contributed by atoms with van der Waals surface area (Å²) in [7, 11) is 0. The summed E-state index contributed by atoms with van der Waals surface area (Å²) in [4.78, 5) is 0. The minimum absolute atomic E-state index is 0. The van der Waals surface area contributed by atoms with E-state index < -0.39 is 0 Å². The van der Waals surface area contributed by atoms with Gasteiger partial charge in [0.15, 0.2) is 0 Å². The second-order valence-corrected chi connectivity index (χ2v) is 46.4. The molecule has 562 valence electrons. The van der Waals surface area contributed by atoms with Gasteiger partial charge in [-0.25, -0.2) is 0 Å². The topological polar surface area (TPSA) is 0 Å². The molecule has 0 spiro atoms. The van der Waals surface area contributed by atoms with E-state index in [0.29, 0.717) is 0 Å². The molecule has 8 heteroatoms. The summed E-state index contributed by atoms with van der Waals surface area (Å²) < 4.78 is 0. The van der Waals surface area contributed by atoms with Crippen LogP contribution < -0.4 is 5.19 Å². The molecule has 0 saturated heterocycles. The third kappa shape index (κ3) is 18.7. The van der Waals surface area contributed by atoms with Crippen molar-refractivity contribution in [3.05, 3.63) is 392 Å². The van der Waals surface area contributed by atoms with Crippen molar-refractivity contribution in [3.63, 3.8) is 0 Å². The number of hydrogen-bond acceptors (Lipinski definition) is 0. The number of benzene rings is 17. The fraction of sp³-hybridized carbons (Fsp3) is 0.0841. The monoisotopic (exact) mass is 1750 g/mol. The summed E-state index contributed by atoms with van der Waals surface area (Å²) in [6, 6.07) is 135. The fourth-order valence-electron chi connectivity index (χ4n) is 16.2. The first-order chi connectivity index (χ1) is 54.3. The van der Waals surface area contributed by atoms with Crippen LogP contribution >= 0.6 is 49.6 Å². The first-order valence-corrected chi connectivity index (χ1v) is 50.7. The van der Waals surface area contributed by atoms with E-state index in [2.05, 4.69) is 417 Å². The molecule has 0 fully saturated rings.